The molecule has 13 heavy (non-hydrogen) atoms. The van der Waals surface area contributed by atoms with E-state index < -0.39 is 5.97 Å². The average Bonchev–Trinajstić information content (AvgIpc) is 1.98. The Bertz CT molecular complexity index is 197. The van der Waals surface area contributed by atoms with Crippen LogP contribution in [-0.2, 0) is 4.79 Å². The highest BCUT2D eigenvalue weighted by Gasteiger charge is 2.07. The molecule has 0 rings (SSSR count). The van der Waals surface area contributed by atoms with E-state index in [-0.39, 0.29) is 0 Å². The molecule has 0 spiro atoms. The number of likely N-dealkylation sites (N-methyl/N-ethyl adjacent to an activating group) is 1. The van der Waals surface area contributed by atoms with E-state index in [0.29, 0.717) is 6.04 Å². The van der Waals surface area contributed by atoms with E-state index in [0.717, 1.165) is 18.7 Å². The lowest BCUT2D eigenvalue weighted by Gasteiger charge is -2.24. The smallest absolute Gasteiger partial charge is 0.328 e. The third-order valence-electron chi connectivity index (χ3n) is 1.96. The molecule has 0 aliphatic rings. The van der Waals surface area contributed by atoms with Crippen molar-refractivity contribution in [3.8, 4) is 0 Å². The number of nitrogens with zero attached hydrogens (tertiary/aromatic N) is 1. The van der Waals surface area contributed by atoms with Crippen molar-refractivity contribution in [2.24, 2.45) is 0 Å². The average molecular weight is 185 g/mol. The van der Waals surface area contributed by atoms with Gasteiger partial charge in [-0.25, -0.2) is 4.79 Å². The van der Waals surface area contributed by atoms with Crippen molar-refractivity contribution < 1.29 is 9.90 Å². The van der Waals surface area contributed by atoms with Crippen molar-refractivity contribution >= 4 is 5.97 Å². The van der Waals surface area contributed by atoms with Crippen LogP contribution < -0.4 is 0 Å². The first-order valence-corrected chi connectivity index (χ1v) is 4.61. The van der Waals surface area contributed by atoms with E-state index in [1.165, 1.54) is 6.08 Å². The summed E-state index contributed by atoms with van der Waals surface area (Å²) >= 11 is 0. The molecule has 0 atom stereocenters. The third kappa shape index (κ3) is 5.42. The minimum absolute atomic E-state index is 0.460. The van der Waals surface area contributed by atoms with Crippen molar-refractivity contribution in [3.05, 3.63) is 11.6 Å². The van der Waals surface area contributed by atoms with Gasteiger partial charge in [0.25, 0.3) is 0 Å². The molecule has 76 valence electrons. The van der Waals surface area contributed by atoms with Crippen LogP contribution in [0.5, 0.6) is 0 Å². The predicted molar refractivity (Wildman–Crippen MR) is 53.8 cm³/mol. The highest BCUT2D eigenvalue weighted by atomic mass is 16.4. The van der Waals surface area contributed by atoms with Crippen LogP contribution >= 0.6 is 0 Å². The van der Waals surface area contributed by atoms with Crippen LogP contribution in [0.3, 0.4) is 0 Å². The molecule has 0 radical (unpaired) electrons. The summed E-state index contributed by atoms with van der Waals surface area (Å²) in [6.07, 6.45) is 1.27. The number of carboxylic acids is 1. The zero-order valence-corrected chi connectivity index (χ0v) is 8.87. The Morgan fingerprint density at radius 1 is 1.54 bits per heavy atom. The van der Waals surface area contributed by atoms with E-state index in [2.05, 4.69) is 25.7 Å². The minimum Gasteiger partial charge on any atom is -0.478 e. The second kappa shape index (κ2) is 5.75. The van der Waals surface area contributed by atoms with Crippen LogP contribution in [0.25, 0.3) is 0 Å². The van der Waals surface area contributed by atoms with Crippen molar-refractivity contribution in [2.45, 2.75) is 33.7 Å². The summed E-state index contributed by atoms with van der Waals surface area (Å²) in [4.78, 5) is 12.6. The van der Waals surface area contributed by atoms with Crippen molar-refractivity contribution in [1.29, 1.82) is 0 Å². The molecule has 0 aromatic rings. The molecule has 0 aromatic heterocycles. The number of rotatable bonds is 5. The molecule has 0 saturated carbocycles. The molecule has 0 bridgehead atoms. The monoisotopic (exact) mass is 185 g/mol. The zero-order chi connectivity index (χ0) is 10.4. The third-order valence-corrected chi connectivity index (χ3v) is 1.96. The lowest BCUT2D eigenvalue weighted by Crippen LogP contribution is -2.32. The van der Waals surface area contributed by atoms with Crippen LogP contribution in [0.2, 0.25) is 0 Å². The summed E-state index contributed by atoms with van der Waals surface area (Å²) in [6.45, 7) is 9.82. The molecule has 0 aliphatic carbocycles. The Labute approximate surface area is 80.0 Å². The molecular formula is C10H19NO2. The molecule has 0 heterocycles. The summed E-state index contributed by atoms with van der Waals surface area (Å²) in [5.41, 5.74) is 0.892. The van der Waals surface area contributed by atoms with Crippen molar-refractivity contribution in [3.63, 3.8) is 0 Å². The molecule has 3 heteroatoms. The fourth-order valence-corrected chi connectivity index (χ4v) is 1.24. The fourth-order valence-electron chi connectivity index (χ4n) is 1.24. The lowest BCUT2D eigenvalue weighted by molar-refractivity contribution is -0.131. The van der Waals surface area contributed by atoms with Gasteiger partial charge >= 0.3 is 5.97 Å². The van der Waals surface area contributed by atoms with Gasteiger partial charge in [-0.05, 0) is 27.3 Å². The Hall–Kier alpha value is -0.830. The Kier molecular flexibility index (Phi) is 5.39. The van der Waals surface area contributed by atoms with Crippen LogP contribution in [0.1, 0.15) is 27.7 Å². The molecule has 0 saturated heterocycles. The number of carboxylic acid groups (broad SMARTS) is 1. The summed E-state index contributed by atoms with van der Waals surface area (Å²) in [7, 11) is 0. The van der Waals surface area contributed by atoms with Crippen LogP contribution in [0.4, 0.5) is 0 Å². The zero-order valence-electron chi connectivity index (χ0n) is 8.87. The predicted octanol–water partition coefficient (Wildman–Crippen LogP) is 1.75. The van der Waals surface area contributed by atoms with Gasteiger partial charge in [-0.1, -0.05) is 12.5 Å². The number of carbonyl (C=O) groups is 1. The molecule has 0 fully saturated rings. The van der Waals surface area contributed by atoms with E-state index in [4.69, 9.17) is 5.11 Å². The Balaban J connectivity index is 4.16. The van der Waals surface area contributed by atoms with Gasteiger partial charge in [0.1, 0.15) is 0 Å². The van der Waals surface area contributed by atoms with Crippen molar-refractivity contribution in [1.82, 2.24) is 4.90 Å². The molecule has 3 nitrogen and oxygen atoms in total. The first kappa shape index (κ1) is 12.2. The molecule has 0 unspecified atom stereocenters. The van der Waals surface area contributed by atoms with Gasteiger partial charge in [-0.2, -0.15) is 0 Å². The van der Waals surface area contributed by atoms with Crippen molar-refractivity contribution in [2.75, 3.05) is 13.1 Å². The summed E-state index contributed by atoms with van der Waals surface area (Å²) in [5, 5.41) is 8.51. The van der Waals surface area contributed by atoms with Crippen LogP contribution in [0, 0.1) is 0 Å². The SMILES string of the molecule is CCN(CC(C)=CC(=O)O)C(C)C. The molecular weight excluding hydrogens is 166 g/mol. The van der Waals surface area contributed by atoms with Gasteiger partial charge in [0.05, 0.1) is 0 Å². The van der Waals surface area contributed by atoms with E-state index in [1.807, 2.05) is 6.92 Å². The maximum absolute atomic E-state index is 10.4. The van der Waals surface area contributed by atoms with Gasteiger partial charge in [0, 0.05) is 18.7 Å². The summed E-state index contributed by atoms with van der Waals surface area (Å²) < 4.78 is 0. The van der Waals surface area contributed by atoms with E-state index in [9.17, 15) is 4.79 Å². The van der Waals surface area contributed by atoms with Gasteiger partial charge < -0.3 is 5.11 Å². The van der Waals surface area contributed by atoms with Crippen LogP contribution in [0.15, 0.2) is 11.6 Å². The van der Waals surface area contributed by atoms with Gasteiger partial charge in [0.2, 0.25) is 0 Å². The van der Waals surface area contributed by atoms with Gasteiger partial charge in [-0.15, -0.1) is 0 Å². The Morgan fingerprint density at radius 2 is 2.08 bits per heavy atom. The Morgan fingerprint density at radius 3 is 2.38 bits per heavy atom. The van der Waals surface area contributed by atoms with E-state index >= 15 is 0 Å². The minimum atomic E-state index is -0.864. The molecule has 0 aromatic carbocycles. The normalized spacial score (nSPS) is 12.6. The molecule has 0 aliphatic heterocycles. The number of hydrogen-bond acceptors (Lipinski definition) is 2. The van der Waals surface area contributed by atoms with Crippen LogP contribution in [-0.4, -0.2) is 35.1 Å². The maximum Gasteiger partial charge on any atom is 0.328 e. The quantitative estimate of drug-likeness (QED) is 0.663. The first-order chi connectivity index (χ1) is 5.97. The second-order valence-corrected chi connectivity index (χ2v) is 3.49. The van der Waals surface area contributed by atoms with Gasteiger partial charge in [0.15, 0.2) is 0 Å². The number of aliphatic carboxylic acids is 1. The lowest BCUT2D eigenvalue weighted by atomic mass is 10.2. The highest BCUT2D eigenvalue weighted by molar-refractivity contribution is 5.80. The second-order valence-electron chi connectivity index (χ2n) is 3.49. The molecule has 0 amide bonds. The van der Waals surface area contributed by atoms with Gasteiger partial charge in [-0.3, -0.25) is 4.90 Å². The summed E-state index contributed by atoms with van der Waals surface area (Å²) in [6, 6.07) is 0.460. The number of hydrogen-bond donors (Lipinski definition) is 1. The summed E-state index contributed by atoms with van der Waals surface area (Å²) in [5.74, 6) is -0.864. The fraction of sp³-hybridized carbons (Fsp3) is 0.700. The topological polar surface area (TPSA) is 40.5 Å². The van der Waals surface area contributed by atoms with E-state index in [1.54, 1.807) is 0 Å². The highest BCUT2D eigenvalue weighted by Crippen LogP contribution is 2.02. The maximum atomic E-state index is 10.4. The molecule has 1 N–H and O–H groups in total. The largest absolute Gasteiger partial charge is 0.478 e. The standard InChI is InChI=1S/C10H19NO2/c1-5-11(8(2)3)7-9(4)6-10(12)13/h6,8H,5,7H2,1-4H3,(H,12,13). The first-order valence-electron chi connectivity index (χ1n) is 4.61.